The van der Waals surface area contributed by atoms with E-state index in [0.29, 0.717) is 6.61 Å². The van der Waals surface area contributed by atoms with Crippen molar-refractivity contribution in [2.75, 3.05) is 0 Å². The summed E-state index contributed by atoms with van der Waals surface area (Å²) in [4.78, 5) is 0.806. The van der Waals surface area contributed by atoms with Gasteiger partial charge in [-0.05, 0) is 82.1 Å². The molecule has 1 atom stereocenters. The van der Waals surface area contributed by atoms with E-state index in [2.05, 4.69) is 0 Å². The van der Waals surface area contributed by atoms with Gasteiger partial charge in [0.25, 0.3) is 0 Å². The minimum absolute atomic E-state index is 0. The fraction of sp³-hybridized carbons (Fsp3) is 0.0667. The molecule has 2 fully saturated rings. The molecule has 0 heterocycles. The summed E-state index contributed by atoms with van der Waals surface area (Å²) in [6.45, 7) is 2.52. The first-order chi connectivity index (χ1) is 16.2. The van der Waals surface area contributed by atoms with Gasteiger partial charge in [-0.15, -0.1) is 0 Å². The molecule has 0 unspecified atom stereocenters. The predicted octanol–water partition coefficient (Wildman–Crippen LogP) is 6.48. The Kier molecular flexibility index (Phi) is 10.9. The zero-order chi connectivity index (χ0) is 22.9. The fourth-order valence-corrected chi connectivity index (χ4v) is 4.66. The maximum atomic E-state index is 13.2. The third-order valence-corrected chi connectivity index (χ3v) is 6.64. The van der Waals surface area contributed by atoms with Crippen molar-refractivity contribution in [3.8, 4) is 5.75 Å². The quantitative estimate of drug-likeness (QED) is 0.358. The van der Waals surface area contributed by atoms with E-state index in [1.165, 1.54) is 0 Å². The number of hydrogen-bond donors (Lipinski definition) is 0. The molecule has 10 radical (unpaired) electrons. The Morgan fingerprint density at radius 1 is 0.706 bits per heavy atom. The number of hydrogen-bond acceptors (Lipinski definition) is 2. The molecule has 0 saturated heterocycles. The third-order valence-electron chi connectivity index (χ3n) is 5.18. The third kappa shape index (κ3) is 7.31. The molecular formula is C30H26FeO2S+2. The molecule has 4 heteroatoms. The SMILES string of the molecule is Cc1ccc([S@@](=O)[C]2[CH][CH][CH][C]2c2ccccc2OCc2ccccc2)cc1.[CH]1[CH][CH][CH][CH]1.[Fe+2]. The van der Waals surface area contributed by atoms with Gasteiger partial charge in [-0.3, -0.25) is 4.21 Å². The van der Waals surface area contributed by atoms with Crippen LogP contribution in [0.3, 0.4) is 0 Å². The van der Waals surface area contributed by atoms with Crippen LogP contribution in [0.1, 0.15) is 16.7 Å². The van der Waals surface area contributed by atoms with Gasteiger partial charge < -0.3 is 4.74 Å². The molecule has 0 amide bonds. The minimum atomic E-state index is -1.24. The molecule has 3 aromatic rings. The molecule has 2 aliphatic carbocycles. The fourth-order valence-electron chi connectivity index (χ4n) is 3.45. The molecule has 0 spiro atoms. The van der Waals surface area contributed by atoms with Crippen LogP contribution in [0.5, 0.6) is 5.75 Å². The van der Waals surface area contributed by atoms with Crippen LogP contribution in [0.2, 0.25) is 0 Å². The molecule has 2 nitrogen and oxygen atoms in total. The van der Waals surface area contributed by atoms with Gasteiger partial charge in [0.1, 0.15) is 12.4 Å². The molecule has 5 rings (SSSR count). The summed E-state index contributed by atoms with van der Waals surface area (Å²) in [7, 11) is -1.24. The molecule has 34 heavy (non-hydrogen) atoms. The van der Waals surface area contributed by atoms with E-state index < -0.39 is 10.8 Å². The average molecular weight is 506 g/mol. The average Bonchev–Trinajstić information content (AvgIpc) is 3.59. The van der Waals surface area contributed by atoms with E-state index in [4.69, 9.17) is 4.74 Å². The Hall–Kier alpha value is -1.87. The summed E-state index contributed by atoms with van der Waals surface area (Å²) in [6, 6.07) is 25.9. The second kappa shape index (κ2) is 13.9. The summed E-state index contributed by atoms with van der Waals surface area (Å²) in [5.41, 5.74) is 3.23. The van der Waals surface area contributed by atoms with Gasteiger partial charge in [0, 0.05) is 16.4 Å². The Balaban J connectivity index is 0.000000481. The molecular weight excluding hydrogens is 480 g/mol. The van der Waals surface area contributed by atoms with E-state index in [0.717, 1.165) is 38.5 Å². The van der Waals surface area contributed by atoms with Crippen molar-refractivity contribution < 1.29 is 26.0 Å². The van der Waals surface area contributed by atoms with Crippen LogP contribution in [0.4, 0.5) is 0 Å². The van der Waals surface area contributed by atoms with Crippen molar-refractivity contribution in [3.63, 3.8) is 0 Å². The second-order valence-corrected chi connectivity index (χ2v) is 9.07. The first-order valence-corrected chi connectivity index (χ1v) is 12.0. The monoisotopic (exact) mass is 506 g/mol. The minimum Gasteiger partial charge on any atom is -0.489 e. The first-order valence-electron chi connectivity index (χ1n) is 10.9. The van der Waals surface area contributed by atoms with Gasteiger partial charge in [0.05, 0.1) is 16.0 Å². The van der Waals surface area contributed by atoms with Gasteiger partial charge in [-0.2, -0.15) is 0 Å². The van der Waals surface area contributed by atoms with Crippen LogP contribution in [0, 0.1) is 69.5 Å². The number of para-hydroxylation sites is 1. The van der Waals surface area contributed by atoms with Crippen LogP contribution in [0.25, 0.3) is 0 Å². The number of rotatable bonds is 6. The van der Waals surface area contributed by atoms with E-state index >= 15 is 0 Å². The van der Waals surface area contributed by atoms with Crippen LogP contribution in [0.15, 0.2) is 83.8 Å². The van der Waals surface area contributed by atoms with Crippen molar-refractivity contribution in [3.05, 3.63) is 158 Å². The summed E-state index contributed by atoms with van der Waals surface area (Å²) in [6.07, 6.45) is 15.9. The van der Waals surface area contributed by atoms with Crippen LogP contribution >= 0.6 is 0 Å². The van der Waals surface area contributed by atoms with Crippen molar-refractivity contribution in [2.45, 2.75) is 18.4 Å². The molecule has 0 N–H and O–H groups in total. The molecule has 2 saturated carbocycles. The maximum absolute atomic E-state index is 13.2. The van der Waals surface area contributed by atoms with Gasteiger partial charge in [-0.1, -0.05) is 66.2 Å². The summed E-state index contributed by atoms with van der Waals surface area (Å²) < 4.78 is 19.3. The molecule has 0 bridgehead atoms. The van der Waals surface area contributed by atoms with Crippen molar-refractivity contribution in [2.24, 2.45) is 0 Å². The number of aryl methyl sites for hydroxylation is 1. The number of ether oxygens (including phenoxy) is 1. The summed E-state index contributed by atoms with van der Waals surface area (Å²) >= 11 is 0. The van der Waals surface area contributed by atoms with E-state index in [9.17, 15) is 4.21 Å². The van der Waals surface area contributed by atoms with Crippen LogP contribution in [-0.2, 0) is 34.5 Å². The van der Waals surface area contributed by atoms with Crippen LogP contribution < -0.4 is 4.74 Å². The zero-order valence-electron chi connectivity index (χ0n) is 18.9. The van der Waals surface area contributed by atoms with E-state index in [-0.39, 0.29) is 17.1 Å². The molecule has 0 aromatic heterocycles. The Morgan fingerprint density at radius 3 is 2.00 bits per heavy atom. The largest absolute Gasteiger partial charge is 2.00 e. The molecule has 2 aliphatic rings. The van der Waals surface area contributed by atoms with E-state index in [1.54, 1.807) is 0 Å². The summed E-state index contributed by atoms with van der Waals surface area (Å²) in [5, 5.41) is 0.805. The summed E-state index contributed by atoms with van der Waals surface area (Å²) in [5.74, 6) is 1.74. The van der Waals surface area contributed by atoms with Gasteiger partial charge in [0.15, 0.2) is 0 Å². The molecule has 170 valence electrons. The number of benzene rings is 3. The van der Waals surface area contributed by atoms with Crippen molar-refractivity contribution in [1.82, 2.24) is 0 Å². The molecule has 0 aliphatic heterocycles. The second-order valence-electron chi connectivity index (χ2n) is 7.62. The van der Waals surface area contributed by atoms with E-state index in [1.807, 2.05) is 137 Å². The zero-order valence-corrected chi connectivity index (χ0v) is 20.8. The van der Waals surface area contributed by atoms with Gasteiger partial charge in [-0.25, -0.2) is 0 Å². The predicted molar refractivity (Wildman–Crippen MR) is 135 cm³/mol. The topological polar surface area (TPSA) is 26.3 Å². The smallest absolute Gasteiger partial charge is 0.489 e. The van der Waals surface area contributed by atoms with Gasteiger partial charge in [0.2, 0.25) is 0 Å². The molecule has 3 aromatic carbocycles. The first kappa shape index (κ1) is 26.7. The Morgan fingerprint density at radius 2 is 1.32 bits per heavy atom. The Labute approximate surface area is 218 Å². The van der Waals surface area contributed by atoms with Crippen molar-refractivity contribution in [1.29, 1.82) is 0 Å². The Bertz CT molecular complexity index is 1010. The standard InChI is InChI=1S/C25H21O2S.C5H5.Fe/c1-19-14-16-21(17-15-19)28(26)25-13-7-11-23(25)22-10-5-6-12-24(22)27-18-20-8-3-2-4-9-20;1-2-4-5-3-1;/h2-17H,18H2,1H3;1-5H;/q;;+2/t28-;;/m1../s1. The van der Waals surface area contributed by atoms with Gasteiger partial charge >= 0.3 is 17.1 Å². The van der Waals surface area contributed by atoms with Crippen molar-refractivity contribution >= 4 is 10.8 Å². The van der Waals surface area contributed by atoms with Crippen LogP contribution in [-0.4, -0.2) is 4.21 Å². The maximum Gasteiger partial charge on any atom is 2.00 e. The normalized spacial score (nSPS) is 16.9.